The highest BCUT2D eigenvalue weighted by atomic mass is 19.1. The van der Waals surface area contributed by atoms with Crippen molar-refractivity contribution in [1.82, 2.24) is 0 Å². The van der Waals surface area contributed by atoms with Gasteiger partial charge < -0.3 is 0 Å². The summed E-state index contributed by atoms with van der Waals surface area (Å²) in [6.45, 7) is 4.55. The minimum atomic E-state index is -0.841. The van der Waals surface area contributed by atoms with E-state index >= 15 is 4.39 Å². The van der Waals surface area contributed by atoms with E-state index in [1.807, 2.05) is 0 Å². The molecule has 198 valence electrons. The molecule has 0 aromatic rings. The second-order valence-corrected chi connectivity index (χ2v) is 12.7. The van der Waals surface area contributed by atoms with E-state index in [2.05, 4.69) is 13.8 Å². The molecule has 0 saturated heterocycles. The average molecular weight is 477 g/mol. The Labute approximate surface area is 211 Å². The topological polar surface area (TPSA) is 17.1 Å². The van der Waals surface area contributed by atoms with Gasteiger partial charge in [0.2, 0.25) is 0 Å². The lowest BCUT2D eigenvalue weighted by Crippen LogP contribution is -2.69. The van der Waals surface area contributed by atoms with Gasteiger partial charge >= 0.3 is 0 Å². The van der Waals surface area contributed by atoms with Gasteiger partial charge in [0, 0.05) is 0 Å². The molecule has 0 aromatic carbocycles. The van der Waals surface area contributed by atoms with Crippen molar-refractivity contribution in [3.63, 3.8) is 0 Å². The highest BCUT2D eigenvalue weighted by Crippen LogP contribution is 2.65. The Bertz CT molecular complexity index is 520. The zero-order valence-electron chi connectivity index (χ0n) is 23.0. The summed E-state index contributed by atoms with van der Waals surface area (Å²) in [5.41, 5.74) is -1.13. The van der Waals surface area contributed by atoms with E-state index in [0.29, 0.717) is 5.78 Å². The number of Topliss-reactive ketones (excluding diaryl/α,β-unsaturated/α-hetero) is 1. The van der Waals surface area contributed by atoms with Crippen LogP contribution in [0.5, 0.6) is 0 Å². The smallest absolute Gasteiger partial charge is 0.151 e. The van der Waals surface area contributed by atoms with E-state index in [1.54, 1.807) is 0 Å². The first kappa shape index (κ1) is 28.2. The molecule has 0 unspecified atom stereocenters. The number of alkyl halides is 1. The maximum Gasteiger partial charge on any atom is 0.151 e. The highest BCUT2D eigenvalue weighted by Gasteiger charge is 2.71. The highest BCUT2D eigenvalue weighted by molar-refractivity contribution is 5.98. The summed E-state index contributed by atoms with van der Waals surface area (Å²) < 4.78 is 15.8. The van der Waals surface area contributed by atoms with Crippen molar-refractivity contribution < 1.29 is 9.18 Å². The molecular weight excluding hydrogens is 419 g/mol. The van der Waals surface area contributed by atoms with Crippen molar-refractivity contribution in [2.24, 2.45) is 22.7 Å². The summed E-state index contributed by atoms with van der Waals surface area (Å²) in [4.78, 5) is 13.5. The lowest BCUT2D eigenvalue weighted by Gasteiger charge is -2.61. The standard InChI is InChI=1S/C32H57FO/c1-3-5-7-9-11-13-15-17-27-19-23-31(24-20-27)29(33)32(30(31)34)25-21-28(22-26-32)18-16-14-12-10-8-6-4-2/h27-29H,3-26H2,1-2H3. The van der Waals surface area contributed by atoms with Crippen LogP contribution in [0, 0.1) is 22.7 Å². The fraction of sp³-hybridized carbons (Fsp3) is 0.969. The lowest BCUT2D eigenvalue weighted by molar-refractivity contribution is -0.193. The number of unbranched alkanes of at least 4 members (excludes halogenated alkanes) is 12. The fourth-order valence-electron chi connectivity index (χ4n) is 7.88. The third-order valence-corrected chi connectivity index (χ3v) is 10.3. The minimum Gasteiger partial charge on any atom is -0.298 e. The molecule has 1 nitrogen and oxygen atoms in total. The Balaban J connectivity index is 1.30. The summed E-state index contributed by atoms with van der Waals surface area (Å²) in [5, 5.41) is 0. The maximum absolute atomic E-state index is 15.8. The van der Waals surface area contributed by atoms with Crippen LogP contribution in [0.4, 0.5) is 4.39 Å². The van der Waals surface area contributed by atoms with Crippen LogP contribution in [0.3, 0.4) is 0 Å². The van der Waals surface area contributed by atoms with Crippen LogP contribution in [0.25, 0.3) is 0 Å². The molecule has 0 aromatic heterocycles. The molecule has 3 saturated carbocycles. The SMILES string of the molecule is CCCCCCCCCC1CCC2(CC1)C(=O)C1(CCC(CCCCCCCCC)CC1)C2F. The van der Waals surface area contributed by atoms with Crippen molar-refractivity contribution in [1.29, 1.82) is 0 Å². The Hall–Kier alpha value is -0.400. The molecule has 3 fully saturated rings. The summed E-state index contributed by atoms with van der Waals surface area (Å²) in [6, 6.07) is 0. The molecule has 3 aliphatic carbocycles. The molecular formula is C32H57FO. The average Bonchev–Trinajstić information content (AvgIpc) is 2.88. The van der Waals surface area contributed by atoms with Gasteiger partial charge in [-0.05, 0) is 63.2 Å². The van der Waals surface area contributed by atoms with Gasteiger partial charge in [-0.1, -0.05) is 117 Å². The predicted octanol–water partition coefficient (Wildman–Crippen LogP) is 10.5. The van der Waals surface area contributed by atoms with Crippen LogP contribution in [-0.4, -0.2) is 12.0 Å². The van der Waals surface area contributed by atoms with Gasteiger partial charge in [0.1, 0.15) is 6.17 Å². The van der Waals surface area contributed by atoms with E-state index in [-0.39, 0.29) is 0 Å². The monoisotopic (exact) mass is 476 g/mol. The van der Waals surface area contributed by atoms with Crippen molar-refractivity contribution in [3.05, 3.63) is 0 Å². The maximum atomic E-state index is 15.8. The number of hydrogen-bond acceptors (Lipinski definition) is 1. The number of hydrogen-bond donors (Lipinski definition) is 0. The largest absolute Gasteiger partial charge is 0.298 e. The lowest BCUT2D eigenvalue weighted by atomic mass is 9.41. The van der Waals surface area contributed by atoms with Gasteiger partial charge in [0.25, 0.3) is 0 Å². The van der Waals surface area contributed by atoms with Gasteiger partial charge in [0.15, 0.2) is 5.78 Å². The van der Waals surface area contributed by atoms with Crippen molar-refractivity contribution in [2.75, 3.05) is 0 Å². The first-order valence-corrected chi connectivity index (χ1v) is 15.8. The van der Waals surface area contributed by atoms with E-state index < -0.39 is 17.0 Å². The second kappa shape index (κ2) is 14.4. The molecule has 0 N–H and O–H groups in total. The van der Waals surface area contributed by atoms with E-state index in [9.17, 15) is 4.79 Å². The molecule has 0 radical (unpaired) electrons. The quantitative estimate of drug-likeness (QED) is 0.202. The van der Waals surface area contributed by atoms with Gasteiger partial charge in [-0.25, -0.2) is 4.39 Å². The number of carbonyl (C=O) groups is 1. The third kappa shape index (κ3) is 6.88. The number of carbonyl (C=O) groups excluding carboxylic acids is 1. The van der Waals surface area contributed by atoms with Crippen molar-refractivity contribution in [2.45, 2.75) is 174 Å². The molecule has 3 rings (SSSR count). The Morgan fingerprint density at radius 2 is 0.912 bits per heavy atom. The number of ketones is 1. The van der Waals surface area contributed by atoms with Crippen LogP contribution in [-0.2, 0) is 4.79 Å². The number of halogens is 1. The van der Waals surface area contributed by atoms with E-state index in [4.69, 9.17) is 0 Å². The fourth-order valence-corrected chi connectivity index (χ4v) is 7.88. The van der Waals surface area contributed by atoms with Crippen LogP contribution in [0.1, 0.15) is 168 Å². The first-order chi connectivity index (χ1) is 16.6. The molecule has 0 aliphatic heterocycles. The van der Waals surface area contributed by atoms with Crippen LogP contribution < -0.4 is 0 Å². The van der Waals surface area contributed by atoms with Gasteiger partial charge in [-0.15, -0.1) is 0 Å². The van der Waals surface area contributed by atoms with Gasteiger partial charge in [-0.3, -0.25) is 4.79 Å². The molecule has 2 spiro atoms. The Kier molecular flexibility index (Phi) is 11.9. The van der Waals surface area contributed by atoms with E-state index in [0.717, 1.165) is 63.2 Å². The van der Waals surface area contributed by atoms with Crippen molar-refractivity contribution >= 4 is 5.78 Å². The van der Waals surface area contributed by atoms with Gasteiger partial charge in [-0.2, -0.15) is 0 Å². The molecule has 0 atom stereocenters. The Morgan fingerprint density at radius 3 is 1.24 bits per heavy atom. The molecule has 34 heavy (non-hydrogen) atoms. The number of rotatable bonds is 16. The van der Waals surface area contributed by atoms with Crippen LogP contribution >= 0.6 is 0 Å². The molecule has 2 heteroatoms. The summed E-state index contributed by atoms with van der Waals surface area (Å²) in [7, 11) is 0. The van der Waals surface area contributed by atoms with E-state index in [1.165, 1.54) is 103 Å². The molecule has 0 bridgehead atoms. The summed E-state index contributed by atoms with van der Waals surface area (Å²) >= 11 is 0. The summed E-state index contributed by atoms with van der Waals surface area (Å²) in [5.74, 6) is 1.85. The van der Waals surface area contributed by atoms with Crippen LogP contribution in [0.15, 0.2) is 0 Å². The molecule has 3 aliphatic rings. The Morgan fingerprint density at radius 1 is 0.588 bits per heavy atom. The molecule has 0 heterocycles. The molecule has 0 amide bonds. The third-order valence-electron chi connectivity index (χ3n) is 10.3. The minimum absolute atomic E-state index is 0.358. The zero-order chi connectivity index (χ0) is 24.3. The van der Waals surface area contributed by atoms with Crippen LogP contribution in [0.2, 0.25) is 0 Å². The van der Waals surface area contributed by atoms with Crippen molar-refractivity contribution in [3.8, 4) is 0 Å². The normalized spacial score (nSPS) is 33.5. The first-order valence-electron chi connectivity index (χ1n) is 15.8. The second-order valence-electron chi connectivity index (χ2n) is 12.7. The predicted molar refractivity (Wildman–Crippen MR) is 144 cm³/mol. The summed E-state index contributed by atoms with van der Waals surface area (Å²) in [6.07, 6.45) is 28.6. The van der Waals surface area contributed by atoms with Gasteiger partial charge in [0.05, 0.1) is 10.8 Å². The zero-order valence-corrected chi connectivity index (χ0v) is 23.0.